The van der Waals surface area contributed by atoms with Gasteiger partial charge in [0.2, 0.25) is 0 Å². The Morgan fingerprint density at radius 3 is 1.53 bits per heavy atom. The van der Waals surface area contributed by atoms with Gasteiger partial charge < -0.3 is 46.7 Å². The molecule has 3 heterocycles. The predicted octanol–water partition coefficient (Wildman–Crippen LogP) is -6.57. The van der Waals surface area contributed by atoms with E-state index in [1.54, 1.807) is 14.2 Å². The Kier molecular flexibility index (Phi) is 10.1. The molecule has 0 saturated heterocycles. The Morgan fingerprint density at radius 1 is 0.688 bits per heavy atom. The third-order valence-corrected chi connectivity index (χ3v) is 4.76. The second kappa shape index (κ2) is 11.6. The van der Waals surface area contributed by atoms with Crippen molar-refractivity contribution >= 4 is 23.1 Å². The first-order valence-electron chi connectivity index (χ1n) is 8.92. The number of fused-ring (bicyclic) bond motifs is 2. The van der Waals surface area contributed by atoms with Gasteiger partial charge in [-0.05, 0) is 48.6 Å². The van der Waals surface area contributed by atoms with Crippen LogP contribution in [0.2, 0.25) is 0 Å². The summed E-state index contributed by atoms with van der Waals surface area (Å²) >= 11 is 0. The summed E-state index contributed by atoms with van der Waals surface area (Å²) in [4.78, 5) is 23.3. The first-order chi connectivity index (χ1) is 13.7. The van der Waals surface area contributed by atoms with Gasteiger partial charge in [-0.2, -0.15) is 0 Å². The van der Waals surface area contributed by atoms with E-state index in [1.165, 1.54) is 0 Å². The van der Waals surface area contributed by atoms with E-state index in [4.69, 9.17) is 14.5 Å². The summed E-state index contributed by atoms with van der Waals surface area (Å²) in [5, 5.41) is 0. The van der Waals surface area contributed by atoms with Crippen LogP contribution in [0.5, 0.6) is 0 Å². The summed E-state index contributed by atoms with van der Waals surface area (Å²) in [6.07, 6.45) is 11.5. The monoisotopic (exact) mass is 535 g/mol. The second-order valence-corrected chi connectivity index (χ2v) is 6.49. The van der Waals surface area contributed by atoms with E-state index in [-0.39, 0.29) is 66.1 Å². The normalized spacial score (nSPS) is 21.3. The number of hydrogen-bond acceptors (Lipinski definition) is 7. The molecule has 0 N–H and O–H groups in total. The fraction of sp³-hybridized carbons (Fsp3) is 0.190. The van der Waals surface area contributed by atoms with Crippen molar-refractivity contribution in [3.05, 3.63) is 77.6 Å². The molecule has 0 spiro atoms. The summed E-state index contributed by atoms with van der Waals surface area (Å²) in [5.41, 5.74) is 3.16. The molecule has 0 aromatic carbocycles. The molecule has 2 atom stereocenters. The number of amidine groups is 2. The van der Waals surface area contributed by atoms with E-state index < -0.39 is 0 Å². The quantitative estimate of drug-likeness (QED) is 0.384. The van der Waals surface area contributed by atoms with Crippen LogP contribution in [0.25, 0.3) is 0 Å². The molecule has 5 rings (SSSR count). The van der Waals surface area contributed by atoms with E-state index >= 15 is 0 Å². The van der Waals surface area contributed by atoms with Crippen molar-refractivity contribution in [3.8, 4) is 0 Å². The largest absolute Gasteiger partial charge is 3.00 e. The van der Waals surface area contributed by atoms with E-state index in [1.807, 2.05) is 54.7 Å². The molecule has 0 saturated carbocycles. The number of allylic oxidation sites excluding steroid dienone is 2. The van der Waals surface area contributed by atoms with Crippen LogP contribution in [0.4, 0.5) is 0 Å². The van der Waals surface area contributed by atoms with Gasteiger partial charge in [0.15, 0.2) is 11.7 Å². The first kappa shape index (κ1) is 27.8. The average molecular weight is 537 g/mol. The van der Waals surface area contributed by atoms with Crippen LogP contribution in [0.3, 0.4) is 0 Å². The maximum atomic E-state index is 5.27. The molecule has 32 heavy (non-hydrogen) atoms. The molecule has 1 aromatic rings. The van der Waals surface area contributed by atoms with Crippen LogP contribution in [-0.2, 0) is 26.3 Å². The molecule has 2 unspecified atom stereocenters. The SMILES string of the molecule is COC1=CC2N=C(c3cccc(C4=NC5C=C(OC)C=CC5=N4)n3)N=C2C=C1.[Cl-].[Cl-].[Cl-].[Co+3]. The van der Waals surface area contributed by atoms with Crippen molar-refractivity contribution < 1.29 is 63.5 Å². The van der Waals surface area contributed by atoms with Gasteiger partial charge in [-0.15, -0.1) is 0 Å². The molecule has 11 heteroatoms. The number of ether oxygens (including phenoxy) is 2. The minimum Gasteiger partial charge on any atom is -1.00 e. The zero-order valence-electron chi connectivity index (χ0n) is 16.9. The smallest absolute Gasteiger partial charge is 1.00 e. The van der Waals surface area contributed by atoms with Crippen LogP contribution in [0, 0.1) is 0 Å². The van der Waals surface area contributed by atoms with Gasteiger partial charge in [0, 0.05) is 0 Å². The van der Waals surface area contributed by atoms with Gasteiger partial charge >= 0.3 is 16.8 Å². The molecule has 0 fully saturated rings. The fourth-order valence-corrected chi connectivity index (χ4v) is 3.31. The Labute approximate surface area is 214 Å². The van der Waals surface area contributed by atoms with Crippen LogP contribution in [-0.4, -0.2) is 54.4 Å². The number of pyridine rings is 1. The summed E-state index contributed by atoms with van der Waals surface area (Å²) < 4.78 is 10.5. The zero-order valence-corrected chi connectivity index (χ0v) is 20.2. The number of nitrogens with zero attached hydrogens (tertiary/aromatic N) is 5. The van der Waals surface area contributed by atoms with Crippen LogP contribution < -0.4 is 37.2 Å². The molecule has 1 aromatic heterocycles. The second-order valence-electron chi connectivity index (χ2n) is 6.49. The summed E-state index contributed by atoms with van der Waals surface area (Å²) in [5.74, 6) is 2.77. The fourth-order valence-electron chi connectivity index (χ4n) is 3.31. The number of methoxy groups -OCH3 is 2. The number of hydrogen-bond donors (Lipinski definition) is 0. The van der Waals surface area contributed by atoms with E-state index in [2.05, 4.69) is 20.0 Å². The molecular formula is C21H17Cl3CoN5O2. The molecule has 0 amide bonds. The Balaban J connectivity index is 0.00000128. The number of aromatic nitrogens is 1. The molecule has 2 aliphatic heterocycles. The van der Waals surface area contributed by atoms with Crippen molar-refractivity contribution in [2.75, 3.05) is 14.2 Å². The van der Waals surface area contributed by atoms with Crippen molar-refractivity contribution in [2.24, 2.45) is 20.0 Å². The van der Waals surface area contributed by atoms with E-state index in [0.29, 0.717) is 23.1 Å². The molecule has 168 valence electrons. The average Bonchev–Trinajstić information content (AvgIpc) is 3.36. The molecule has 2 aliphatic carbocycles. The number of aliphatic imine (C=N–C) groups is 4. The third-order valence-electron chi connectivity index (χ3n) is 4.76. The van der Waals surface area contributed by atoms with Gasteiger partial charge in [0.1, 0.15) is 35.0 Å². The maximum absolute atomic E-state index is 5.27. The molecular weight excluding hydrogens is 520 g/mol. The van der Waals surface area contributed by atoms with Crippen LogP contribution in [0.1, 0.15) is 11.4 Å². The minimum absolute atomic E-state index is 0. The predicted molar refractivity (Wildman–Crippen MR) is 108 cm³/mol. The molecule has 7 nitrogen and oxygen atoms in total. The number of halogens is 3. The van der Waals surface area contributed by atoms with Gasteiger partial charge in [0.05, 0.1) is 25.6 Å². The Morgan fingerprint density at radius 2 is 1.12 bits per heavy atom. The summed E-state index contributed by atoms with van der Waals surface area (Å²) in [7, 11) is 3.29. The minimum atomic E-state index is -0.130. The van der Waals surface area contributed by atoms with E-state index in [9.17, 15) is 0 Å². The van der Waals surface area contributed by atoms with Gasteiger partial charge in [-0.3, -0.25) is 9.98 Å². The van der Waals surface area contributed by atoms with Gasteiger partial charge in [0.25, 0.3) is 0 Å². The standard InChI is InChI=1S/C21H17N5O2.3ClH.Co/c1-27-12-6-8-14-18(10-12)25-20(23-14)16-4-3-5-17(22-16)21-24-15-9-7-13(28-2)11-19(15)26-21;;;;/h3-11,18-19H,1-2H3;3*1H;/q;;;;+3/p-3. The third kappa shape index (κ3) is 5.21. The topological polar surface area (TPSA) is 80.8 Å². The van der Waals surface area contributed by atoms with Crippen LogP contribution in [0.15, 0.2) is 86.1 Å². The van der Waals surface area contributed by atoms with E-state index in [0.717, 1.165) is 22.9 Å². The Hall–Kier alpha value is -2.23. The summed E-state index contributed by atoms with van der Waals surface area (Å²) in [6.45, 7) is 0. The number of rotatable bonds is 4. The molecule has 0 bridgehead atoms. The maximum Gasteiger partial charge on any atom is 3.00 e. The van der Waals surface area contributed by atoms with Crippen LogP contribution >= 0.6 is 0 Å². The Bertz CT molecular complexity index is 1040. The zero-order chi connectivity index (χ0) is 19.1. The van der Waals surface area contributed by atoms with Crippen molar-refractivity contribution in [2.45, 2.75) is 12.1 Å². The molecule has 4 aliphatic rings. The van der Waals surface area contributed by atoms with Crippen molar-refractivity contribution in [1.29, 1.82) is 0 Å². The molecule has 0 radical (unpaired) electrons. The summed E-state index contributed by atoms with van der Waals surface area (Å²) in [6, 6.07) is 5.45. The van der Waals surface area contributed by atoms with Gasteiger partial charge in [-0.1, -0.05) is 6.07 Å². The van der Waals surface area contributed by atoms with Crippen molar-refractivity contribution in [1.82, 2.24) is 4.98 Å². The first-order valence-corrected chi connectivity index (χ1v) is 8.92. The van der Waals surface area contributed by atoms with Crippen molar-refractivity contribution in [3.63, 3.8) is 0 Å². The van der Waals surface area contributed by atoms with Gasteiger partial charge in [-0.25, -0.2) is 15.0 Å².